The van der Waals surface area contributed by atoms with Crippen molar-refractivity contribution in [3.05, 3.63) is 35.4 Å². The smallest absolute Gasteiger partial charge is 0.226 e. The van der Waals surface area contributed by atoms with E-state index in [9.17, 15) is 4.79 Å². The molecule has 0 unspecified atom stereocenters. The van der Waals surface area contributed by atoms with Gasteiger partial charge in [0, 0.05) is 19.5 Å². The summed E-state index contributed by atoms with van der Waals surface area (Å²) >= 11 is 0. The summed E-state index contributed by atoms with van der Waals surface area (Å²) in [6.45, 7) is 0.646. The zero-order valence-corrected chi connectivity index (χ0v) is 13.7. The van der Waals surface area contributed by atoms with Crippen LogP contribution < -0.4 is 0 Å². The first-order valence-corrected chi connectivity index (χ1v) is 8.88. The predicted molar refractivity (Wildman–Crippen MR) is 88.2 cm³/mol. The first-order valence-electron chi connectivity index (χ1n) is 8.88. The number of amides is 1. The molecule has 1 amide bonds. The largest absolute Gasteiger partial charge is 0.341 e. The summed E-state index contributed by atoms with van der Waals surface area (Å²) in [6, 6.07) is 9.71. The van der Waals surface area contributed by atoms with Crippen molar-refractivity contribution in [2.45, 2.75) is 38.6 Å². The lowest BCUT2D eigenvalue weighted by molar-refractivity contribution is -0.148. The highest BCUT2D eigenvalue weighted by atomic mass is 16.2. The van der Waals surface area contributed by atoms with Gasteiger partial charge in [-0.3, -0.25) is 4.79 Å². The van der Waals surface area contributed by atoms with Gasteiger partial charge >= 0.3 is 0 Å². The Labute approximate surface area is 138 Å². The van der Waals surface area contributed by atoms with Crippen LogP contribution in [0, 0.1) is 40.9 Å². The van der Waals surface area contributed by atoms with Gasteiger partial charge in [-0.1, -0.05) is 12.1 Å². The number of hydrogen-bond acceptors (Lipinski definition) is 2. The minimum atomic E-state index is 0.270. The fraction of sp³-hybridized carbons (Fsp3) is 0.600. The zero-order valence-electron chi connectivity index (χ0n) is 13.7. The Balaban J connectivity index is 1.45. The summed E-state index contributed by atoms with van der Waals surface area (Å²) in [4.78, 5) is 14.9. The van der Waals surface area contributed by atoms with Gasteiger partial charge in [0.25, 0.3) is 0 Å². The van der Waals surface area contributed by atoms with Gasteiger partial charge in [-0.25, -0.2) is 0 Å². The maximum atomic E-state index is 13.0. The van der Waals surface area contributed by atoms with Crippen LogP contribution in [-0.2, 0) is 11.3 Å². The maximum Gasteiger partial charge on any atom is 0.226 e. The van der Waals surface area contributed by atoms with Gasteiger partial charge in [0.1, 0.15) is 0 Å². The number of carbonyl (C=O) groups is 1. The molecule has 5 rings (SSSR count). The standard InChI is InChI=1S/C20H24N2O/c1-22(12-14-4-2-13(11-21)3-5-14)20(23)19-17-7-15-6-16(9-17)10-18(19)8-15/h2-5,15-19H,6-10,12H2,1H3. The van der Waals surface area contributed by atoms with Crippen LogP contribution in [0.25, 0.3) is 0 Å². The van der Waals surface area contributed by atoms with Crippen LogP contribution in [0.4, 0.5) is 0 Å². The Morgan fingerprint density at radius 1 is 1.09 bits per heavy atom. The van der Waals surface area contributed by atoms with Gasteiger partial charge in [-0.05, 0) is 73.5 Å². The summed E-state index contributed by atoms with van der Waals surface area (Å²) in [5.74, 6) is 3.72. The van der Waals surface area contributed by atoms with Crippen LogP contribution in [0.15, 0.2) is 24.3 Å². The van der Waals surface area contributed by atoms with Crippen LogP contribution in [0.2, 0.25) is 0 Å². The third kappa shape index (κ3) is 2.65. The molecular formula is C20H24N2O. The molecule has 120 valence electrons. The molecule has 3 heteroatoms. The van der Waals surface area contributed by atoms with E-state index >= 15 is 0 Å². The molecule has 1 aromatic rings. The van der Waals surface area contributed by atoms with E-state index in [0.29, 0.717) is 29.9 Å². The van der Waals surface area contributed by atoms with Gasteiger partial charge in [0.2, 0.25) is 5.91 Å². The van der Waals surface area contributed by atoms with Crippen molar-refractivity contribution in [1.82, 2.24) is 4.90 Å². The lowest BCUT2D eigenvalue weighted by Gasteiger charge is -2.54. The summed E-state index contributed by atoms with van der Waals surface area (Å²) < 4.78 is 0. The SMILES string of the molecule is CN(Cc1ccc(C#N)cc1)C(=O)C1C2CC3CC(C2)CC1C3. The number of rotatable bonds is 3. The number of benzene rings is 1. The van der Waals surface area contributed by atoms with Gasteiger partial charge in [-0.2, -0.15) is 5.26 Å². The molecule has 4 bridgehead atoms. The van der Waals surface area contributed by atoms with Crippen LogP contribution in [-0.4, -0.2) is 17.9 Å². The Bertz CT molecular complexity index is 615. The van der Waals surface area contributed by atoms with Crippen molar-refractivity contribution in [1.29, 1.82) is 5.26 Å². The fourth-order valence-corrected chi connectivity index (χ4v) is 5.62. The molecule has 4 fully saturated rings. The van der Waals surface area contributed by atoms with Crippen molar-refractivity contribution in [2.75, 3.05) is 7.05 Å². The highest BCUT2D eigenvalue weighted by molar-refractivity contribution is 5.79. The molecule has 1 aromatic carbocycles. The summed E-state index contributed by atoms with van der Waals surface area (Å²) in [5.41, 5.74) is 1.77. The Morgan fingerprint density at radius 3 is 2.17 bits per heavy atom. The molecule has 0 aliphatic heterocycles. The second-order valence-corrected chi connectivity index (χ2v) is 7.96. The molecule has 0 aromatic heterocycles. The highest BCUT2D eigenvalue weighted by Gasteiger charge is 2.51. The van der Waals surface area contributed by atoms with Crippen molar-refractivity contribution < 1.29 is 4.79 Å². The fourth-order valence-electron chi connectivity index (χ4n) is 5.62. The molecule has 0 atom stereocenters. The third-order valence-electron chi connectivity index (χ3n) is 6.39. The average Bonchev–Trinajstić information content (AvgIpc) is 2.54. The molecule has 0 spiro atoms. The van der Waals surface area contributed by atoms with E-state index in [2.05, 4.69) is 6.07 Å². The molecular weight excluding hydrogens is 284 g/mol. The van der Waals surface area contributed by atoms with E-state index in [4.69, 9.17) is 5.26 Å². The Kier molecular flexibility index (Phi) is 3.64. The molecule has 4 saturated carbocycles. The summed E-state index contributed by atoms with van der Waals surface area (Å²) in [6.07, 6.45) is 6.57. The normalized spacial score (nSPS) is 34.2. The van der Waals surface area contributed by atoms with E-state index < -0.39 is 0 Å². The van der Waals surface area contributed by atoms with Gasteiger partial charge in [0.15, 0.2) is 0 Å². The zero-order chi connectivity index (χ0) is 16.0. The molecule has 3 nitrogen and oxygen atoms in total. The summed E-state index contributed by atoms with van der Waals surface area (Å²) in [5, 5.41) is 8.87. The number of hydrogen-bond donors (Lipinski definition) is 0. The van der Waals surface area contributed by atoms with Gasteiger partial charge < -0.3 is 4.90 Å². The summed E-state index contributed by atoms with van der Waals surface area (Å²) in [7, 11) is 1.94. The lowest BCUT2D eigenvalue weighted by atomic mass is 9.51. The van der Waals surface area contributed by atoms with Crippen molar-refractivity contribution >= 4 is 5.91 Å². The first-order chi connectivity index (χ1) is 11.1. The number of carbonyl (C=O) groups excluding carboxylic acids is 1. The first kappa shape index (κ1) is 14.8. The topological polar surface area (TPSA) is 44.1 Å². The minimum absolute atomic E-state index is 0.270. The predicted octanol–water partition coefficient (Wildman–Crippen LogP) is 3.59. The second-order valence-electron chi connectivity index (χ2n) is 7.96. The van der Waals surface area contributed by atoms with Crippen molar-refractivity contribution in [2.24, 2.45) is 29.6 Å². The van der Waals surface area contributed by atoms with Gasteiger partial charge in [0.05, 0.1) is 11.6 Å². The molecule has 4 aliphatic carbocycles. The van der Waals surface area contributed by atoms with Gasteiger partial charge in [-0.15, -0.1) is 0 Å². The van der Waals surface area contributed by atoms with E-state index in [1.54, 1.807) is 0 Å². The van der Waals surface area contributed by atoms with E-state index in [-0.39, 0.29) is 5.92 Å². The average molecular weight is 308 g/mol. The van der Waals surface area contributed by atoms with E-state index in [0.717, 1.165) is 17.4 Å². The number of nitriles is 1. The van der Waals surface area contributed by atoms with Crippen LogP contribution in [0.3, 0.4) is 0 Å². The van der Waals surface area contributed by atoms with E-state index in [1.807, 2.05) is 36.2 Å². The Morgan fingerprint density at radius 2 is 1.65 bits per heavy atom. The molecule has 4 aliphatic rings. The quantitative estimate of drug-likeness (QED) is 0.856. The monoisotopic (exact) mass is 308 g/mol. The van der Waals surface area contributed by atoms with Crippen molar-refractivity contribution in [3.8, 4) is 6.07 Å². The molecule has 0 saturated heterocycles. The molecule has 23 heavy (non-hydrogen) atoms. The van der Waals surface area contributed by atoms with Crippen LogP contribution in [0.1, 0.15) is 43.2 Å². The molecule has 0 N–H and O–H groups in total. The lowest BCUT2D eigenvalue weighted by Crippen LogP contribution is -2.51. The molecule has 0 radical (unpaired) electrons. The maximum absolute atomic E-state index is 13.0. The van der Waals surface area contributed by atoms with Crippen LogP contribution >= 0.6 is 0 Å². The number of nitrogens with zero attached hydrogens (tertiary/aromatic N) is 2. The van der Waals surface area contributed by atoms with Crippen molar-refractivity contribution in [3.63, 3.8) is 0 Å². The molecule has 0 heterocycles. The highest BCUT2D eigenvalue weighted by Crippen LogP contribution is 2.56. The second kappa shape index (κ2) is 5.67. The third-order valence-corrected chi connectivity index (χ3v) is 6.39. The van der Waals surface area contributed by atoms with E-state index in [1.165, 1.54) is 32.1 Å². The Hall–Kier alpha value is -1.82. The van der Waals surface area contributed by atoms with Crippen LogP contribution in [0.5, 0.6) is 0 Å². The minimum Gasteiger partial charge on any atom is -0.341 e.